The summed E-state index contributed by atoms with van der Waals surface area (Å²) in [7, 11) is 0. The van der Waals surface area contributed by atoms with Crippen LogP contribution in [0.25, 0.3) is 132 Å². The Kier molecular flexibility index (Phi) is 8.03. The molecule has 12 aromatic carbocycles. The van der Waals surface area contributed by atoms with E-state index in [4.69, 9.17) is 0 Å². The molecule has 0 saturated carbocycles. The molecule has 4 nitrogen and oxygen atoms in total. The standard InChI is InChI=1S/C73H44N4/c1-3-19-45(20-4-1)74-65-31-15-9-25-51(65)55-37-35-47(39-69(55)74)76-67-33-17-11-27-53(67)59-41-57-49-23-7-13-29-61(49)73(63(57)43-71(59)76)62-30-14-8-24-50(62)58-42-60-54-28-12-18-34-68(54)77(72(60)44-64(58)73)48-36-38-56-52-26-10-16-32-66(52)75(70(56)40-48)46-21-5-2-6-22-46/h1-44H. The van der Waals surface area contributed by atoms with E-state index in [2.05, 4.69) is 285 Å². The molecule has 0 bridgehead atoms. The van der Waals surface area contributed by atoms with E-state index in [1.165, 1.54) is 132 Å². The SMILES string of the molecule is c1ccc(-n2c3ccccc3c3ccc(-n4c5ccccc5c5cc6c(cc54)C4(c5ccccc5-6)c5ccccc5-c5cc6c7ccccc7n(-c7ccc8c9ccccc9n(-c9ccccc9)c8c7)c6cc54)cc32)cc1. The van der Waals surface area contributed by atoms with Crippen LogP contribution in [-0.4, -0.2) is 18.3 Å². The Labute approximate surface area is 442 Å². The van der Waals surface area contributed by atoms with Gasteiger partial charge < -0.3 is 18.3 Å². The second-order valence-electron chi connectivity index (χ2n) is 21.2. The van der Waals surface area contributed by atoms with E-state index < -0.39 is 5.41 Å². The molecule has 0 radical (unpaired) electrons. The smallest absolute Gasteiger partial charge is 0.0727 e. The van der Waals surface area contributed by atoms with Crippen LogP contribution in [0.5, 0.6) is 0 Å². The summed E-state index contributed by atoms with van der Waals surface area (Å²) in [5, 5.41) is 9.97. The second-order valence-corrected chi connectivity index (χ2v) is 21.2. The third-order valence-corrected chi connectivity index (χ3v) is 17.5. The Morgan fingerprint density at radius 3 is 0.909 bits per heavy atom. The van der Waals surface area contributed by atoms with E-state index in [0.717, 1.165) is 22.7 Å². The van der Waals surface area contributed by atoms with Crippen molar-refractivity contribution in [1.29, 1.82) is 0 Å². The first kappa shape index (κ1) is 41.2. The Bertz CT molecular complexity index is 4890. The molecule has 356 valence electrons. The zero-order valence-electron chi connectivity index (χ0n) is 41.7. The highest BCUT2D eigenvalue weighted by Crippen LogP contribution is 2.64. The summed E-state index contributed by atoms with van der Waals surface area (Å²) in [6.07, 6.45) is 0. The van der Waals surface area contributed by atoms with Crippen molar-refractivity contribution in [3.8, 4) is 45.0 Å². The first-order chi connectivity index (χ1) is 38.2. The van der Waals surface area contributed by atoms with Crippen LogP contribution in [0.3, 0.4) is 0 Å². The summed E-state index contributed by atoms with van der Waals surface area (Å²) >= 11 is 0. The molecule has 4 heterocycles. The van der Waals surface area contributed by atoms with Crippen molar-refractivity contribution in [2.24, 2.45) is 0 Å². The van der Waals surface area contributed by atoms with Crippen molar-refractivity contribution in [1.82, 2.24) is 18.3 Å². The van der Waals surface area contributed by atoms with E-state index in [1.54, 1.807) is 0 Å². The van der Waals surface area contributed by atoms with Gasteiger partial charge in [0.05, 0.1) is 49.5 Å². The van der Waals surface area contributed by atoms with Gasteiger partial charge in [-0.15, -0.1) is 0 Å². The molecule has 0 fully saturated rings. The highest BCUT2D eigenvalue weighted by Gasteiger charge is 2.52. The molecule has 2 aliphatic carbocycles. The molecule has 4 heteroatoms. The third kappa shape index (κ3) is 5.26. The summed E-state index contributed by atoms with van der Waals surface area (Å²) < 4.78 is 9.92. The van der Waals surface area contributed by atoms with E-state index in [1.807, 2.05) is 0 Å². The lowest BCUT2D eigenvalue weighted by molar-refractivity contribution is 0.795. The Hall–Kier alpha value is -10.2. The predicted octanol–water partition coefficient (Wildman–Crippen LogP) is 18.4. The van der Waals surface area contributed by atoms with Crippen molar-refractivity contribution in [2.45, 2.75) is 5.41 Å². The summed E-state index contributed by atoms with van der Waals surface area (Å²) in [5.41, 5.74) is 24.0. The molecule has 0 unspecified atom stereocenters. The van der Waals surface area contributed by atoms with Gasteiger partial charge in [-0.2, -0.15) is 0 Å². The quantitative estimate of drug-likeness (QED) is 0.167. The van der Waals surface area contributed by atoms with Gasteiger partial charge in [-0.05, 0) is 142 Å². The lowest BCUT2D eigenvalue weighted by Gasteiger charge is -2.30. The van der Waals surface area contributed by atoms with E-state index in [0.29, 0.717) is 0 Å². The molecule has 0 saturated heterocycles. The minimum atomic E-state index is -0.601. The van der Waals surface area contributed by atoms with E-state index in [-0.39, 0.29) is 0 Å². The van der Waals surface area contributed by atoms with Gasteiger partial charge in [0.1, 0.15) is 0 Å². The monoisotopic (exact) mass is 976 g/mol. The lowest BCUT2D eigenvalue weighted by atomic mass is 9.70. The summed E-state index contributed by atoms with van der Waals surface area (Å²) in [5.74, 6) is 0. The number of hydrogen-bond donors (Lipinski definition) is 0. The van der Waals surface area contributed by atoms with Gasteiger partial charge in [-0.1, -0.05) is 170 Å². The van der Waals surface area contributed by atoms with Crippen LogP contribution in [0.2, 0.25) is 0 Å². The molecule has 77 heavy (non-hydrogen) atoms. The van der Waals surface area contributed by atoms with Gasteiger partial charge >= 0.3 is 0 Å². The molecule has 4 aromatic heterocycles. The highest BCUT2D eigenvalue weighted by atomic mass is 15.0. The highest BCUT2D eigenvalue weighted by molar-refractivity contribution is 6.17. The fourth-order valence-corrected chi connectivity index (χ4v) is 14.5. The Morgan fingerprint density at radius 2 is 0.494 bits per heavy atom. The largest absolute Gasteiger partial charge is 0.309 e. The van der Waals surface area contributed by atoms with Crippen LogP contribution in [0.1, 0.15) is 22.3 Å². The van der Waals surface area contributed by atoms with Gasteiger partial charge in [0, 0.05) is 65.8 Å². The Morgan fingerprint density at radius 1 is 0.182 bits per heavy atom. The normalized spacial score (nSPS) is 13.3. The molecule has 18 rings (SSSR count). The van der Waals surface area contributed by atoms with Crippen LogP contribution in [0.4, 0.5) is 0 Å². The van der Waals surface area contributed by atoms with Gasteiger partial charge in [0.25, 0.3) is 0 Å². The van der Waals surface area contributed by atoms with Crippen LogP contribution < -0.4 is 0 Å². The lowest BCUT2D eigenvalue weighted by Crippen LogP contribution is -2.26. The number of rotatable bonds is 4. The maximum absolute atomic E-state index is 2.57. The van der Waals surface area contributed by atoms with Crippen LogP contribution >= 0.6 is 0 Å². The summed E-state index contributed by atoms with van der Waals surface area (Å²) in [4.78, 5) is 0. The summed E-state index contributed by atoms with van der Waals surface area (Å²) in [6, 6.07) is 100. The minimum Gasteiger partial charge on any atom is -0.309 e. The van der Waals surface area contributed by atoms with Gasteiger partial charge in [0.2, 0.25) is 0 Å². The molecular formula is C73H44N4. The number of para-hydroxylation sites is 6. The second kappa shape index (κ2) is 15.0. The molecule has 1 spiro atoms. The van der Waals surface area contributed by atoms with E-state index >= 15 is 0 Å². The molecule has 0 amide bonds. The average molecular weight is 977 g/mol. The number of hydrogen-bond acceptors (Lipinski definition) is 0. The topological polar surface area (TPSA) is 19.7 Å². The number of benzene rings is 12. The van der Waals surface area contributed by atoms with Gasteiger partial charge in [0.15, 0.2) is 0 Å². The van der Waals surface area contributed by atoms with Crippen LogP contribution in [-0.2, 0) is 5.41 Å². The van der Waals surface area contributed by atoms with Crippen molar-refractivity contribution in [3.05, 3.63) is 289 Å². The molecule has 0 N–H and O–H groups in total. The predicted molar refractivity (Wildman–Crippen MR) is 320 cm³/mol. The van der Waals surface area contributed by atoms with Crippen molar-refractivity contribution in [3.63, 3.8) is 0 Å². The van der Waals surface area contributed by atoms with E-state index in [9.17, 15) is 0 Å². The number of nitrogens with zero attached hydrogens (tertiary/aromatic N) is 4. The molecular weight excluding hydrogens is 933 g/mol. The molecule has 0 atom stereocenters. The van der Waals surface area contributed by atoms with Crippen molar-refractivity contribution < 1.29 is 0 Å². The first-order valence-electron chi connectivity index (χ1n) is 26.8. The fraction of sp³-hybridized carbons (Fsp3) is 0.0137. The van der Waals surface area contributed by atoms with Crippen molar-refractivity contribution in [2.75, 3.05) is 0 Å². The fourth-order valence-electron chi connectivity index (χ4n) is 14.5. The zero-order valence-corrected chi connectivity index (χ0v) is 41.7. The number of aromatic nitrogens is 4. The average Bonchev–Trinajstić information content (AvgIpc) is 4.05. The maximum atomic E-state index is 2.57. The first-order valence-corrected chi connectivity index (χ1v) is 26.8. The molecule has 16 aromatic rings. The summed E-state index contributed by atoms with van der Waals surface area (Å²) in [6.45, 7) is 0. The van der Waals surface area contributed by atoms with Crippen LogP contribution in [0, 0.1) is 0 Å². The zero-order chi connectivity index (χ0) is 50.1. The minimum absolute atomic E-state index is 0.601. The van der Waals surface area contributed by atoms with Crippen molar-refractivity contribution >= 4 is 87.2 Å². The molecule has 2 aliphatic rings. The third-order valence-electron chi connectivity index (χ3n) is 17.5. The Balaban J connectivity index is 0.928. The molecule has 0 aliphatic heterocycles. The number of fused-ring (bicyclic) bond motifs is 22. The maximum Gasteiger partial charge on any atom is 0.0727 e. The van der Waals surface area contributed by atoms with Gasteiger partial charge in [-0.3, -0.25) is 0 Å². The van der Waals surface area contributed by atoms with Crippen LogP contribution in [0.15, 0.2) is 267 Å². The van der Waals surface area contributed by atoms with Gasteiger partial charge in [-0.25, -0.2) is 0 Å².